The molecule has 0 atom stereocenters. The van der Waals surface area contributed by atoms with E-state index in [9.17, 15) is 18.3 Å². The summed E-state index contributed by atoms with van der Waals surface area (Å²) < 4.78 is 37.5. The number of halogens is 3. The molecule has 0 aliphatic heterocycles. The first-order valence-electron chi connectivity index (χ1n) is 5.52. The van der Waals surface area contributed by atoms with Crippen molar-refractivity contribution >= 4 is 11.2 Å². The minimum atomic E-state index is -4.50. The first-order chi connectivity index (χ1) is 9.45. The number of phenols is 1. The Labute approximate surface area is 110 Å². The van der Waals surface area contributed by atoms with Gasteiger partial charge in [-0.25, -0.2) is 4.98 Å². The third kappa shape index (κ3) is 2.04. The highest BCUT2D eigenvalue weighted by Gasteiger charge is 2.31. The number of rotatable bonds is 1. The number of hydrogen-bond acceptors (Lipinski definition) is 4. The van der Waals surface area contributed by atoms with Gasteiger partial charge in [-0.05, 0) is 24.3 Å². The first-order valence-corrected chi connectivity index (χ1v) is 5.52. The third-order valence-electron chi connectivity index (χ3n) is 2.78. The maximum Gasteiger partial charge on any atom is 0.416 e. The van der Waals surface area contributed by atoms with Crippen LogP contribution in [0.25, 0.3) is 22.4 Å². The lowest BCUT2D eigenvalue weighted by molar-refractivity contribution is -0.137. The van der Waals surface area contributed by atoms with Gasteiger partial charge in [0.2, 0.25) is 0 Å². The number of fused-ring (bicyclic) bond motifs is 1. The van der Waals surface area contributed by atoms with Crippen molar-refractivity contribution in [2.45, 2.75) is 6.18 Å². The van der Waals surface area contributed by atoms with Gasteiger partial charge in [-0.1, -0.05) is 0 Å². The molecule has 2 heterocycles. The monoisotopic (exact) mass is 280 g/mol. The third-order valence-corrected chi connectivity index (χ3v) is 2.78. The second-order valence-corrected chi connectivity index (χ2v) is 4.10. The number of alkyl halides is 3. The van der Waals surface area contributed by atoms with Gasteiger partial charge < -0.3 is 10.1 Å². The molecule has 0 saturated heterocycles. The number of phenolic OH excluding ortho intramolecular Hbond substituents is 1. The quantitative estimate of drug-likeness (QED) is 0.718. The van der Waals surface area contributed by atoms with Crippen molar-refractivity contribution in [2.75, 3.05) is 0 Å². The summed E-state index contributed by atoms with van der Waals surface area (Å²) in [5.41, 5.74) is 0.471. The number of imidazole rings is 1. The van der Waals surface area contributed by atoms with E-state index in [0.717, 1.165) is 12.1 Å². The van der Waals surface area contributed by atoms with Crippen LogP contribution in [0.1, 0.15) is 5.56 Å². The standard InChI is InChI=1S/C12H7F3N4O/c13-12(14,15)6-1-2-7(10(20)3-6)8-4-9-11(19-18-8)17-5-16-9/h1-5,20H,(H,16,17,19). The molecule has 0 radical (unpaired) electrons. The molecule has 0 spiro atoms. The van der Waals surface area contributed by atoms with E-state index in [2.05, 4.69) is 20.2 Å². The Kier molecular flexibility index (Phi) is 2.60. The molecular formula is C12H7F3N4O. The molecule has 2 aromatic heterocycles. The van der Waals surface area contributed by atoms with Crippen LogP contribution in [0.2, 0.25) is 0 Å². The van der Waals surface area contributed by atoms with E-state index in [1.807, 2.05) is 0 Å². The van der Waals surface area contributed by atoms with Gasteiger partial charge in [-0.15, -0.1) is 10.2 Å². The largest absolute Gasteiger partial charge is 0.507 e. The van der Waals surface area contributed by atoms with Crippen LogP contribution < -0.4 is 0 Å². The number of hydrogen-bond donors (Lipinski definition) is 2. The van der Waals surface area contributed by atoms with Crippen LogP contribution in [0.4, 0.5) is 13.2 Å². The van der Waals surface area contributed by atoms with Gasteiger partial charge in [0, 0.05) is 5.56 Å². The fourth-order valence-electron chi connectivity index (χ4n) is 1.81. The molecule has 0 aliphatic rings. The maximum absolute atomic E-state index is 12.5. The summed E-state index contributed by atoms with van der Waals surface area (Å²) in [4.78, 5) is 6.69. The topological polar surface area (TPSA) is 74.7 Å². The molecule has 20 heavy (non-hydrogen) atoms. The van der Waals surface area contributed by atoms with E-state index in [-0.39, 0.29) is 11.3 Å². The van der Waals surface area contributed by atoms with Crippen LogP contribution in [0.3, 0.4) is 0 Å². The highest BCUT2D eigenvalue weighted by molar-refractivity contribution is 5.77. The Morgan fingerprint density at radius 3 is 2.60 bits per heavy atom. The van der Waals surface area contributed by atoms with Crippen molar-refractivity contribution in [3.63, 3.8) is 0 Å². The summed E-state index contributed by atoms with van der Waals surface area (Å²) in [5.74, 6) is -0.506. The number of nitrogens with one attached hydrogen (secondary N) is 1. The SMILES string of the molecule is Oc1cc(C(F)(F)F)ccc1-c1cc2[nH]cnc2nn1. The zero-order valence-corrected chi connectivity index (χ0v) is 9.81. The van der Waals surface area contributed by atoms with Crippen molar-refractivity contribution in [3.8, 4) is 17.0 Å². The molecule has 2 N–H and O–H groups in total. The van der Waals surface area contributed by atoms with Crippen LogP contribution in [-0.2, 0) is 6.18 Å². The molecule has 102 valence electrons. The predicted molar refractivity (Wildman–Crippen MR) is 63.8 cm³/mol. The van der Waals surface area contributed by atoms with Crippen LogP contribution >= 0.6 is 0 Å². The Hall–Kier alpha value is -2.64. The van der Waals surface area contributed by atoms with E-state index in [0.29, 0.717) is 17.2 Å². The summed E-state index contributed by atoms with van der Waals surface area (Å²) in [6, 6.07) is 4.25. The number of aromatic amines is 1. The second-order valence-electron chi connectivity index (χ2n) is 4.10. The van der Waals surface area contributed by atoms with Crippen molar-refractivity contribution in [1.82, 2.24) is 20.2 Å². The van der Waals surface area contributed by atoms with Gasteiger partial charge in [0.15, 0.2) is 5.65 Å². The van der Waals surface area contributed by atoms with Crippen LogP contribution in [0.5, 0.6) is 5.75 Å². The van der Waals surface area contributed by atoms with Crippen molar-refractivity contribution in [3.05, 3.63) is 36.2 Å². The van der Waals surface area contributed by atoms with Crippen molar-refractivity contribution in [2.24, 2.45) is 0 Å². The number of aromatic nitrogens is 4. The molecule has 5 nitrogen and oxygen atoms in total. The van der Waals surface area contributed by atoms with Gasteiger partial charge in [-0.2, -0.15) is 13.2 Å². The van der Waals surface area contributed by atoms with E-state index >= 15 is 0 Å². The molecular weight excluding hydrogens is 273 g/mol. The molecule has 1 aromatic carbocycles. The first kappa shape index (κ1) is 12.4. The molecule has 0 aliphatic carbocycles. The lowest BCUT2D eigenvalue weighted by atomic mass is 10.1. The molecule has 0 saturated carbocycles. The summed E-state index contributed by atoms with van der Waals surface area (Å²) in [7, 11) is 0. The minimum Gasteiger partial charge on any atom is -0.507 e. The van der Waals surface area contributed by atoms with Gasteiger partial charge in [0.05, 0.1) is 23.1 Å². The number of aromatic hydroxyl groups is 1. The summed E-state index contributed by atoms with van der Waals surface area (Å²) in [5, 5.41) is 17.4. The highest BCUT2D eigenvalue weighted by Crippen LogP contribution is 2.35. The second kappa shape index (κ2) is 4.19. The van der Waals surface area contributed by atoms with E-state index in [4.69, 9.17) is 0 Å². The van der Waals surface area contributed by atoms with E-state index < -0.39 is 17.5 Å². The molecule has 0 unspecified atom stereocenters. The fourth-order valence-corrected chi connectivity index (χ4v) is 1.81. The molecule has 8 heteroatoms. The average Bonchev–Trinajstić information content (AvgIpc) is 2.84. The zero-order chi connectivity index (χ0) is 14.3. The lowest BCUT2D eigenvalue weighted by Gasteiger charge is -2.09. The van der Waals surface area contributed by atoms with Crippen LogP contribution in [0, 0.1) is 0 Å². The number of nitrogens with zero attached hydrogens (tertiary/aromatic N) is 3. The summed E-state index contributed by atoms with van der Waals surface area (Å²) in [6.07, 6.45) is -3.08. The fraction of sp³-hybridized carbons (Fsp3) is 0.0833. The average molecular weight is 280 g/mol. The van der Waals surface area contributed by atoms with Crippen LogP contribution in [0.15, 0.2) is 30.6 Å². The summed E-state index contributed by atoms with van der Waals surface area (Å²) >= 11 is 0. The smallest absolute Gasteiger partial charge is 0.416 e. The summed E-state index contributed by atoms with van der Waals surface area (Å²) in [6.45, 7) is 0. The molecule has 3 rings (SSSR count). The van der Waals surface area contributed by atoms with Gasteiger partial charge >= 0.3 is 6.18 Å². The molecule has 0 bridgehead atoms. The normalized spacial score (nSPS) is 11.9. The Morgan fingerprint density at radius 2 is 1.90 bits per heavy atom. The predicted octanol–water partition coefficient (Wildman–Crippen LogP) is 2.74. The van der Waals surface area contributed by atoms with Gasteiger partial charge in [0.25, 0.3) is 0 Å². The van der Waals surface area contributed by atoms with Crippen molar-refractivity contribution in [1.29, 1.82) is 0 Å². The highest BCUT2D eigenvalue weighted by atomic mass is 19.4. The zero-order valence-electron chi connectivity index (χ0n) is 9.81. The number of H-pyrrole nitrogens is 1. The van der Waals surface area contributed by atoms with Crippen molar-refractivity contribution < 1.29 is 18.3 Å². The van der Waals surface area contributed by atoms with E-state index in [1.165, 1.54) is 6.33 Å². The Bertz CT molecular complexity index is 782. The minimum absolute atomic E-state index is 0.169. The number of benzene rings is 1. The Balaban J connectivity index is 2.09. The molecule has 3 aromatic rings. The maximum atomic E-state index is 12.5. The lowest BCUT2D eigenvalue weighted by Crippen LogP contribution is -2.04. The van der Waals surface area contributed by atoms with Crippen LogP contribution in [-0.4, -0.2) is 25.3 Å². The van der Waals surface area contributed by atoms with Gasteiger partial charge in [0.1, 0.15) is 5.75 Å². The van der Waals surface area contributed by atoms with Gasteiger partial charge in [-0.3, -0.25) is 0 Å². The molecule has 0 amide bonds. The Morgan fingerprint density at radius 1 is 1.10 bits per heavy atom. The molecule has 0 fully saturated rings. The van der Waals surface area contributed by atoms with E-state index in [1.54, 1.807) is 6.07 Å².